The topological polar surface area (TPSA) is 74.5 Å². The fraction of sp³-hybridized carbons (Fsp3) is 0.353. The zero-order valence-corrected chi connectivity index (χ0v) is 13.5. The number of fused-ring (bicyclic) bond motifs is 3. The molecule has 1 aliphatic heterocycles. The lowest BCUT2D eigenvalue weighted by molar-refractivity contribution is 0.195. The van der Waals surface area contributed by atoms with Crippen molar-refractivity contribution in [2.24, 2.45) is 0 Å². The smallest absolute Gasteiger partial charge is 0.317 e. The summed E-state index contributed by atoms with van der Waals surface area (Å²) in [6, 6.07) is 7.86. The van der Waals surface area contributed by atoms with E-state index in [2.05, 4.69) is 20.2 Å². The molecule has 24 heavy (non-hydrogen) atoms. The molecule has 7 heteroatoms. The molecular formula is C17H19N5O2. The molecule has 1 N–H and O–H groups in total. The molecule has 1 aliphatic rings. The summed E-state index contributed by atoms with van der Waals surface area (Å²) in [7, 11) is 0. The summed E-state index contributed by atoms with van der Waals surface area (Å²) in [6.07, 6.45) is 1.58. The second-order valence-corrected chi connectivity index (χ2v) is 5.78. The molecule has 0 saturated carbocycles. The highest BCUT2D eigenvalue weighted by molar-refractivity contribution is 6.05. The first-order valence-electron chi connectivity index (χ1n) is 8.18. The number of carbonyl (C=O) groups is 1. The first-order chi connectivity index (χ1) is 11.8. The monoisotopic (exact) mass is 325 g/mol. The van der Waals surface area contributed by atoms with Crippen LogP contribution in [0, 0.1) is 0 Å². The van der Waals surface area contributed by atoms with E-state index in [-0.39, 0.29) is 6.03 Å². The standard InChI is InChI=1S/C17H19N5O2/c1-2-18-17(23)22-9-7-21(8-10-22)16-15-14(19-11-20-16)12-5-3-4-6-13(12)24-15/h3-6,11H,2,7-10H2,1H3,(H,18,23). The van der Waals surface area contributed by atoms with Crippen LogP contribution in [-0.4, -0.2) is 53.6 Å². The highest BCUT2D eigenvalue weighted by Gasteiger charge is 2.24. The van der Waals surface area contributed by atoms with E-state index in [0.717, 1.165) is 35.4 Å². The fourth-order valence-electron chi connectivity index (χ4n) is 3.12. The van der Waals surface area contributed by atoms with Gasteiger partial charge in [-0.3, -0.25) is 0 Å². The quantitative estimate of drug-likeness (QED) is 0.782. The minimum absolute atomic E-state index is 0.00581. The number of furan rings is 1. The van der Waals surface area contributed by atoms with Crippen molar-refractivity contribution in [3.63, 3.8) is 0 Å². The molecule has 0 atom stereocenters. The number of urea groups is 1. The molecule has 2 amide bonds. The van der Waals surface area contributed by atoms with Crippen molar-refractivity contribution in [3.05, 3.63) is 30.6 Å². The van der Waals surface area contributed by atoms with Gasteiger partial charge in [-0.2, -0.15) is 0 Å². The summed E-state index contributed by atoms with van der Waals surface area (Å²) < 4.78 is 5.99. The van der Waals surface area contributed by atoms with E-state index in [0.29, 0.717) is 25.2 Å². The van der Waals surface area contributed by atoms with Crippen LogP contribution in [0.4, 0.5) is 10.6 Å². The Labute approximate surface area is 139 Å². The van der Waals surface area contributed by atoms with Crippen LogP contribution in [0.1, 0.15) is 6.92 Å². The highest BCUT2D eigenvalue weighted by Crippen LogP contribution is 2.32. The lowest BCUT2D eigenvalue weighted by atomic mass is 10.2. The summed E-state index contributed by atoms with van der Waals surface area (Å²) in [6.45, 7) is 5.34. The molecule has 1 saturated heterocycles. The minimum atomic E-state index is -0.00581. The summed E-state index contributed by atoms with van der Waals surface area (Å²) in [5.74, 6) is 0.798. The van der Waals surface area contributed by atoms with Gasteiger partial charge < -0.3 is 19.5 Å². The van der Waals surface area contributed by atoms with Crippen LogP contribution in [0.5, 0.6) is 0 Å². The third-order valence-electron chi connectivity index (χ3n) is 4.33. The Morgan fingerprint density at radius 3 is 2.79 bits per heavy atom. The van der Waals surface area contributed by atoms with Gasteiger partial charge in [0.1, 0.15) is 17.4 Å². The van der Waals surface area contributed by atoms with Crippen molar-refractivity contribution in [2.45, 2.75) is 6.92 Å². The van der Waals surface area contributed by atoms with E-state index in [4.69, 9.17) is 4.42 Å². The Kier molecular flexibility index (Phi) is 3.68. The van der Waals surface area contributed by atoms with Crippen molar-refractivity contribution < 1.29 is 9.21 Å². The average molecular weight is 325 g/mol. The molecule has 0 spiro atoms. The van der Waals surface area contributed by atoms with E-state index in [1.54, 1.807) is 6.33 Å². The number of nitrogens with one attached hydrogen (secondary N) is 1. The van der Waals surface area contributed by atoms with Crippen molar-refractivity contribution in [1.29, 1.82) is 0 Å². The van der Waals surface area contributed by atoms with Crippen LogP contribution in [0.25, 0.3) is 22.1 Å². The largest absolute Gasteiger partial charge is 0.450 e. The Balaban J connectivity index is 1.62. The Morgan fingerprint density at radius 2 is 2.00 bits per heavy atom. The van der Waals surface area contributed by atoms with Crippen molar-refractivity contribution >= 4 is 33.9 Å². The molecule has 2 aromatic heterocycles. The van der Waals surface area contributed by atoms with Crippen molar-refractivity contribution in [3.8, 4) is 0 Å². The molecule has 0 radical (unpaired) electrons. The molecule has 0 unspecified atom stereocenters. The molecule has 124 valence electrons. The van der Waals surface area contributed by atoms with Gasteiger partial charge in [0, 0.05) is 38.1 Å². The maximum absolute atomic E-state index is 11.9. The Morgan fingerprint density at radius 1 is 1.21 bits per heavy atom. The van der Waals surface area contributed by atoms with Crippen LogP contribution < -0.4 is 10.2 Å². The maximum atomic E-state index is 11.9. The molecule has 0 aliphatic carbocycles. The van der Waals surface area contributed by atoms with E-state index in [1.807, 2.05) is 36.1 Å². The number of aromatic nitrogens is 2. The fourth-order valence-corrected chi connectivity index (χ4v) is 3.12. The lowest BCUT2D eigenvalue weighted by Gasteiger charge is -2.35. The maximum Gasteiger partial charge on any atom is 0.317 e. The van der Waals surface area contributed by atoms with Crippen LogP contribution >= 0.6 is 0 Å². The van der Waals surface area contributed by atoms with Crippen LogP contribution in [0.3, 0.4) is 0 Å². The van der Waals surface area contributed by atoms with Crippen molar-refractivity contribution in [2.75, 3.05) is 37.6 Å². The number of piperazine rings is 1. The SMILES string of the molecule is CCNC(=O)N1CCN(c2ncnc3c2oc2ccccc23)CC1. The van der Waals surface area contributed by atoms with E-state index in [9.17, 15) is 4.79 Å². The van der Waals surface area contributed by atoms with Gasteiger partial charge in [-0.1, -0.05) is 12.1 Å². The third-order valence-corrected chi connectivity index (χ3v) is 4.33. The zero-order chi connectivity index (χ0) is 16.5. The van der Waals surface area contributed by atoms with Crippen LogP contribution in [0.15, 0.2) is 35.0 Å². The van der Waals surface area contributed by atoms with Gasteiger partial charge >= 0.3 is 6.03 Å². The van der Waals surface area contributed by atoms with Gasteiger partial charge in [-0.05, 0) is 19.1 Å². The van der Waals surface area contributed by atoms with Gasteiger partial charge in [-0.25, -0.2) is 14.8 Å². The van der Waals surface area contributed by atoms with Gasteiger partial charge in [0.25, 0.3) is 0 Å². The number of benzene rings is 1. The number of nitrogens with zero attached hydrogens (tertiary/aromatic N) is 4. The second-order valence-electron chi connectivity index (χ2n) is 5.78. The van der Waals surface area contributed by atoms with E-state index >= 15 is 0 Å². The molecule has 3 aromatic rings. The second kappa shape index (κ2) is 5.99. The van der Waals surface area contributed by atoms with Crippen LogP contribution in [0.2, 0.25) is 0 Å². The molecule has 3 heterocycles. The van der Waals surface area contributed by atoms with Crippen LogP contribution in [-0.2, 0) is 0 Å². The molecule has 4 rings (SSSR count). The highest BCUT2D eigenvalue weighted by atomic mass is 16.3. The average Bonchev–Trinajstić information content (AvgIpc) is 3.01. The molecule has 1 fully saturated rings. The normalized spacial score (nSPS) is 15.2. The summed E-state index contributed by atoms with van der Waals surface area (Å²) in [5.41, 5.74) is 2.36. The molecule has 0 bridgehead atoms. The summed E-state index contributed by atoms with van der Waals surface area (Å²) in [4.78, 5) is 24.7. The number of carbonyl (C=O) groups excluding carboxylic acids is 1. The summed E-state index contributed by atoms with van der Waals surface area (Å²) >= 11 is 0. The number of amides is 2. The lowest BCUT2D eigenvalue weighted by Crippen LogP contribution is -2.52. The van der Waals surface area contributed by atoms with E-state index < -0.39 is 0 Å². The van der Waals surface area contributed by atoms with E-state index in [1.165, 1.54) is 0 Å². The van der Waals surface area contributed by atoms with Gasteiger partial charge in [-0.15, -0.1) is 0 Å². The zero-order valence-electron chi connectivity index (χ0n) is 13.5. The number of para-hydroxylation sites is 1. The number of hydrogen-bond acceptors (Lipinski definition) is 5. The third kappa shape index (κ3) is 2.42. The number of hydrogen-bond donors (Lipinski definition) is 1. The molecular weight excluding hydrogens is 306 g/mol. The van der Waals surface area contributed by atoms with Gasteiger partial charge in [0.15, 0.2) is 11.4 Å². The van der Waals surface area contributed by atoms with Crippen molar-refractivity contribution in [1.82, 2.24) is 20.2 Å². The Bertz CT molecular complexity index is 883. The first kappa shape index (κ1) is 14.7. The predicted molar refractivity (Wildman–Crippen MR) is 92.2 cm³/mol. The first-order valence-corrected chi connectivity index (χ1v) is 8.18. The van der Waals surface area contributed by atoms with Gasteiger partial charge in [0.05, 0.1) is 0 Å². The summed E-state index contributed by atoms with van der Waals surface area (Å²) in [5, 5.41) is 3.84. The van der Waals surface area contributed by atoms with Gasteiger partial charge in [0.2, 0.25) is 0 Å². The molecule has 1 aromatic carbocycles. The Hall–Kier alpha value is -2.83. The number of anilines is 1. The molecule has 7 nitrogen and oxygen atoms in total. The number of rotatable bonds is 2. The predicted octanol–water partition coefficient (Wildman–Crippen LogP) is 2.23. The minimum Gasteiger partial charge on any atom is -0.450 e.